The van der Waals surface area contributed by atoms with Gasteiger partial charge in [0, 0.05) is 12.5 Å². The summed E-state index contributed by atoms with van der Waals surface area (Å²) < 4.78 is 0. The van der Waals surface area contributed by atoms with Gasteiger partial charge in [0.1, 0.15) is 0 Å². The van der Waals surface area contributed by atoms with E-state index in [1.165, 1.54) is 0 Å². The minimum absolute atomic E-state index is 0.297. The zero-order valence-electron chi connectivity index (χ0n) is 11.1. The van der Waals surface area contributed by atoms with Crippen LogP contribution in [0.2, 0.25) is 0 Å². The van der Waals surface area contributed by atoms with Crippen molar-refractivity contribution < 1.29 is 4.79 Å². The molecule has 1 rings (SSSR count). The maximum atomic E-state index is 11.9. The maximum Gasteiger partial charge on any atom is 0.151 e. The molecule has 0 spiro atoms. The molecule has 0 fully saturated rings. The van der Waals surface area contributed by atoms with E-state index in [2.05, 4.69) is 18.7 Å². The van der Waals surface area contributed by atoms with Gasteiger partial charge in [-0.3, -0.25) is 9.69 Å². The fourth-order valence-electron chi connectivity index (χ4n) is 2.20. The first kappa shape index (κ1) is 13.9. The second kappa shape index (κ2) is 7.23. The predicted octanol–water partition coefficient (Wildman–Crippen LogP) is 2.92. The molecule has 0 saturated heterocycles. The fraction of sp³-hybridized carbons (Fsp3) is 0.533. The minimum atomic E-state index is 0.297. The Kier molecular flexibility index (Phi) is 5.92. The quantitative estimate of drug-likeness (QED) is 0.721. The Bertz CT molecular complexity index is 330. The molecule has 17 heavy (non-hydrogen) atoms. The molecule has 0 bridgehead atoms. The highest BCUT2D eigenvalue weighted by Crippen LogP contribution is 2.07. The number of hydrogen-bond donors (Lipinski definition) is 0. The number of benzene rings is 1. The monoisotopic (exact) mass is 233 g/mol. The third-order valence-corrected chi connectivity index (χ3v) is 3.24. The lowest BCUT2D eigenvalue weighted by molar-refractivity contribution is -0.119. The first-order valence-corrected chi connectivity index (χ1v) is 6.43. The number of nitrogens with zero attached hydrogens (tertiary/aromatic N) is 1. The van der Waals surface area contributed by atoms with Crippen molar-refractivity contribution in [3.8, 4) is 0 Å². The average Bonchev–Trinajstić information content (AvgIpc) is 2.31. The number of hydrogen-bond acceptors (Lipinski definition) is 2. The highest BCUT2D eigenvalue weighted by Gasteiger charge is 2.13. The first-order valence-electron chi connectivity index (χ1n) is 6.43. The van der Waals surface area contributed by atoms with Gasteiger partial charge in [0.15, 0.2) is 5.78 Å². The molecule has 0 heterocycles. The fourth-order valence-corrected chi connectivity index (χ4v) is 2.20. The van der Waals surface area contributed by atoms with Crippen molar-refractivity contribution in [1.82, 2.24) is 4.90 Å². The molecule has 0 atom stereocenters. The van der Waals surface area contributed by atoms with Crippen molar-refractivity contribution in [2.24, 2.45) is 0 Å². The van der Waals surface area contributed by atoms with Gasteiger partial charge in [0.05, 0.1) is 6.54 Å². The lowest BCUT2D eigenvalue weighted by Gasteiger charge is -2.25. The largest absolute Gasteiger partial charge is 0.298 e. The smallest absolute Gasteiger partial charge is 0.151 e. The summed E-state index contributed by atoms with van der Waals surface area (Å²) in [6.45, 7) is 4.90. The Balaban J connectivity index is 2.44. The van der Waals surface area contributed by atoms with Crippen LogP contribution in [0.25, 0.3) is 0 Å². The zero-order chi connectivity index (χ0) is 12.7. The summed E-state index contributed by atoms with van der Waals surface area (Å²) in [6.07, 6.45) is 2.75. The van der Waals surface area contributed by atoms with Gasteiger partial charge in [-0.1, -0.05) is 44.2 Å². The molecular formula is C15H23NO. The van der Waals surface area contributed by atoms with Crippen molar-refractivity contribution in [3.05, 3.63) is 35.9 Å². The third kappa shape index (κ3) is 4.70. The van der Waals surface area contributed by atoms with Crippen LogP contribution >= 0.6 is 0 Å². The summed E-state index contributed by atoms with van der Waals surface area (Å²) in [4.78, 5) is 14.1. The number of rotatable bonds is 7. The SMILES string of the molecule is CCC(CC)N(C)CC(=O)Cc1ccccc1. The van der Waals surface area contributed by atoms with E-state index in [1.807, 2.05) is 37.4 Å². The van der Waals surface area contributed by atoms with Crippen LogP contribution in [0.3, 0.4) is 0 Å². The van der Waals surface area contributed by atoms with Gasteiger partial charge in [-0.2, -0.15) is 0 Å². The van der Waals surface area contributed by atoms with Crippen LogP contribution in [0.15, 0.2) is 30.3 Å². The Morgan fingerprint density at radius 3 is 2.29 bits per heavy atom. The Labute approximate surface area is 105 Å². The van der Waals surface area contributed by atoms with Gasteiger partial charge in [-0.15, -0.1) is 0 Å². The maximum absolute atomic E-state index is 11.9. The van der Waals surface area contributed by atoms with Crippen molar-refractivity contribution >= 4 is 5.78 Å². The Morgan fingerprint density at radius 1 is 1.18 bits per heavy atom. The molecule has 1 aromatic carbocycles. The van der Waals surface area contributed by atoms with Crippen molar-refractivity contribution in [2.45, 2.75) is 39.2 Å². The van der Waals surface area contributed by atoms with E-state index in [1.54, 1.807) is 0 Å². The number of Topliss-reactive ketones (excluding diaryl/α,β-unsaturated/α-hetero) is 1. The van der Waals surface area contributed by atoms with Crippen LogP contribution in [-0.2, 0) is 11.2 Å². The molecule has 0 aliphatic rings. The number of ketones is 1. The molecule has 2 heteroatoms. The second-order valence-corrected chi connectivity index (χ2v) is 4.59. The lowest BCUT2D eigenvalue weighted by atomic mass is 10.1. The molecular weight excluding hydrogens is 210 g/mol. The second-order valence-electron chi connectivity index (χ2n) is 4.59. The van der Waals surface area contributed by atoms with Gasteiger partial charge in [0.2, 0.25) is 0 Å². The molecule has 0 aliphatic heterocycles. The van der Waals surface area contributed by atoms with Crippen LogP contribution in [0, 0.1) is 0 Å². The molecule has 0 unspecified atom stereocenters. The standard InChI is InChI=1S/C15H23NO/c1-4-14(5-2)16(3)12-15(17)11-13-9-7-6-8-10-13/h6-10,14H,4-5,11-12H2,1-3H3. The molecule has 0 aromatic heterocycles. The molecule has 1 aromatic rings. The van der Waals surface area contributed by atoms with Crippen molar-refractivity contribution in [1.29, 1.82) is 0 Å². The van der Waals surface area contributed by atoms with Crippen LogP contribution in [0.1, 0.15) is 32.3 Å². The lowest BCUT2D eigenvalue weighted by Crippen LogP contribution is -2.35. The van der Waals surface area contributed by atoms with E-state index in [0.717, 1.165) is 18.4 Å². The van der Waals surface area contributed by atoms with Gasteiger partial charge in [-0.05, 0) is 25.5 Å². The van der Waals surface area contributed by atoms with Crippen LogP contribution in [-0.4, -0.2) is 30.3 Å². The third-order valence-electron chi connectivity index (χ3n) is 3.24. The molecule has 0 aliphatic carbocycles. The van der Waals surface area contributed by atoms with E-state index in [-0.39, 0.29) is 0 Å². The topological polar surface area (TPSA) is 20.3 Å². The van der Waals surface area contributed by atoms with Gasteiger partial charge >= 0.3 is 0 Å². The predicted molar refractivity (Wildman–Crippen MR) is 72.2 cm³/mol. The normalized spacial score (nSPS) is 11.1. The van der Waals surface area contributed by atoms with Gasteiger partial charge < -0.3 is 0 Å². The zero-order valence-corrected chi connectivity index (χ0v) is 11.1. The Hall–Kier alpha value is -1.15. The number of carbonyl (C=O) groups excluding carboxylic acids is 1. The number of carbonyl (C=O) groups is 1. The van der Waals surface area contributed by atoms with E-state index in [4.69, 9.17) is 0 Å². The highest BCUT2D eigenvalue weighted by atomic mass is 16.1. The molecule has 0 amide bonds. The van der Waals surface area contributed by atoms with Gasteiger partial charge in [0.25, 0.3) is 0 Å². The minimum Gasteiger partial charge on any atom is -0.298 e. The summed E-state index contributed by atoms with van der Waals surface area (Å²) in [5.41, 5.74) is 1.11. The average molecular weight is 233 g/mol. The van der Waals surface area contributed by atoms with E-state index in [0.29, 0.717) is 24.8 Å². The summed E-state index contributed by atoms with van der Waals surface area (Å²) in [5.74, 6) is 0.297. The van der Waals surface area contributed by atoms with E-state index in [9.17, 15) is 4.79 Å². The summed E-state index contributed by atoms with van der Waals surface area (Å²) >= 11 is 0. The highest BCUT2D eigenvalue weighted by molar-refractivity contribution is 5.82. The number of likely N-dealkylation sites (N-methyl/N-ethyl adjacent to an activating group) is 1. The van der Waals surface area contributed by atoms with Crippen LogP contribution < -0.4 is 0 Å². The summed E-state index contributed by atoms with van der Waals surface area (Å²) in [6, 6.07) is 10.5. The molecule has 2 nitrogen and oxygen atoms in total. The Morgan fingerprint density at radius 2 is 1.76 bits per heavy atom. The van der Waals surface area contributed by atoms with Crippen molar-refractivity contribution in [2.75, 3.05) is 13.6 Å². The van der Waals surface area contributed by atoms with Crippen LogP contribution in [0.4, 0.5) is 0 Å². The summed E-state index contributed by atoms with van der Waals surface area (Å²) in [7, 11) is 2.04. The molecule has 94 valence electrons. The molecule has 0 radical (unpaired) electrons. The van der Waals surface area contributed by atoms with E-state index >= 15 is 0 Å². The van der Waals surface area contributed by atoms with Crippen LogP contribution in [0.5, 0.6) is 0 Å². The molecule has 0 N–H and O–H groups in total. The molecule has 0 saturated carbocycles. The summed E-state index contributed by atoms with van der Waals surface area (Å²) in [5, 5.41) is 0. The van der Waals surface area contributed by atoms with Crippen molar-refractivity contribution in [3.63, 3.8) is 0 Å². The van der Waals surface area contributed by atoms with E-state index < -0.39 is 0 Å². The van der Waals surface area contributed by atoms with Gasteiger partial charge in [-0.25, -0.2) is 0 Å². The first-order chi connectivity index (χ1) is 8.17.